The summed E-state index contributed by atoms with van der Waals surface area (Å²) in [5.41, 5.74) is 0.608. The van der Waals surface area contributed by atoms with Gasteiger partial charge >= 0.3 is 5.97 Å². The molecule has 0 aliphatic heterocycles. The van der Waals surface area contributed by atoms with E-state index < -0.39 is 5.97 Å². The molecule has 0 radical (unpaired) electrons. The zero-order valence-corrected chi connectivity index (χ0v) is 14.1. The Morgan fingerprint density at radius 1 is 1.00 bits per heavy atom. The molecule has 0 atom stereocenters. The van der Waals surface area contributed by atoms with E-state index in [-0.39, 0.29) is 23.8 Å². The zero-order chi connectivity index (χ0) is 18.5. The van der Waals surface area contributed by atoms with Gasteiger partial charge in [0.2, 0.25) is 0 Å². The first-order chi connectivity index (χ1) is 12.6. The number of fused-ring (bicyclic) bond motifs is 1. The molecule has 3 aromatic carbocycles. The second-order valence-electron chi connectivity index (χ2n) is 5.53. The molecule has 3 rings (SSSR count). The lowest BCUT2D eigenvalue weighted by atomic mass is 10.1. The minimum atomic E-state index is -1.11. The first-order valence-corrected chi connectivity index (χ1v) is 7.90. The maximum atomic E-state index is 12.1. The van der Waals surface area contributed by atoms with Crippen LogP contribution in [-0.2, 0) is 4.79 Å². The van der Waals surface area contributed by atoms with Gasteiger partial charge in [0.1, 0.15) is 17.1 Å². The number of hydrogen-bond donors (Lipinski definition) is 2. The van der Waals surface area contributed by atoms with Crippen molar-refractivity contribution < 1.29 is 24.2 Å². The maximum Gasteiger partial charge on any atom is 0.339 e. The Bertz CT molecular complexity index is 950. The normalized spacial score (nSPS) is 10.3. The summed E-state index contributed by atoms with van der Waals surface area (Å²) in [7, 11) is 1.56. The third-order valence-corrected chi connectivity index (χ3v) is 3.83. The summed E-state index contributed by atoms with van der Waals surface area (Å²) in [5, 5.41) is 13.6. The highest BCUT2D eigenvalue weighted by Gasteiger charge is 2.16. The highest BCUT2D eigenvalue weighted by atomic mass is 16.5. The van der Waals surface area contributed by atoms with E-state index in [1.165, 1.54) is 6.07 Å². The molecule has 0 heterocycles. The van der Waals surface area contributed by atoms with E-state index in [2.05, 4.69) is 5.32 Å². The number of aromatic carboxylic acids is 1. The van der Waals surface area contributed by atoms with E-state index >= 15 is 0 Å². The number of carbonyl (C=O) groups is 2. The standard InChI is InChI=1S/C20H17NO5/c1-25-15-9-7-14(8-10-15)21-18(22)12-26-19-16-5-3-2-4-13(16)6-11-17(19)20(23)24/h2-11H,12H2,1H3,(H,21,22)(H,23,24). The summed E-state index contributed by atoms with van der Waals surface area (Å²) >= 11 is 0. The molecule has 0 bridgehead atoms. The van der Waals surface area contributed by atoms with Crippen molar-refractivity contribution in [1.29, 1.82) is 0 Å². The molecule has 0 unspecified atom stereocenters. The number of nitrogens with one attached hydrogen (secondary N) is 1. The van der Waals surface area contributed by atoms with Crippen molar-refractivity contribution in [3.05, 3.63) is 66.2 Å². The number of anilines is 1. The SMILES string of the molecule is COc1ccc(NC(=O)COc2c(C(=O)O)ccc3ccccc23)cc1. The summed E-state index contributed by atoms with van der Waals surface area (Å²) in [6.45, 7) is -0.305. The molecule has 0 fully saturated rings. The van der Waals surface area contributed by atoms with Gasteiger partial charge in [-0.25, -0.2) is 4.79 Å². The van der Waals surface area contributed by atoms with Gasteiger partial charge in [-0.15, -0.1) is 0 Å². The van der Waals surface area contributed by atoms with Gasteiger partial charge in [0.05, 0.1) is 7.11 Å². The van der Waals surface area contributed by atoms with Gasteiger partial charge < -0.3 is 19.9 Å². The molecule has 132 valence electrons. The van der Waals surface area contributed by atoms with Crippen molar-refractivity contribution in [3.63, 3.8) is 0 Å². The minimum Gasteiger partial charge on any atom is -0.497 e. The summed E-state index contributed by atoms with van der Waals surface area (Å²) in [6, 6.07) is 17.3. The molecule has 0 spiro atoms. The minimum absolute atomic E-state index is 0.0148. The highest BCUT2D eigenvalue weighted by Crippen LogP contribution is 2.30. The summed E-state index contributed by atoms with van der Waals surface area (Å²) < 4.78 is 10.6. The van der Waals surface area contributed by atoms with Gasteiger partial charge in [0, 0.05) is 11.1 Å². The number of rotatable bonds is 6. The average Bonchev–Trinajstić information content (AvgIpc) is 2.66. The molecule has 1 amide bonds. The zero-order valence-electron chi connectivity index (χ0n) is 14.1. The molecular formula is C20H17NO5. The van der Waals surface area contributed by atoms with Crippen LogP contribution in [0, 0.1) is 0 Å². The van der Waals surface area contributed by atoms with Crippen LogP contribution < -0.4 is 14.8 Å². The third-order valence-electron chi connectivity index (χ3n) is 3.83. The molecule has 6 nitrogen and oxygen atoms in total. The average molecular weight is 351 g/mol. The fraction of sp³-hybridized carbons (Fsp3) is 0.100. The summed E-state index contributed by atoms with van der Waals surface area (Å²) in [4.78, 5) is 23.6. The number of ether oxygens (including phenoxy) is 2. The Morgan fingerprint density at radius 2 is 1.73 bits per heavy atom. The number of carboxylic acids is 1. The quantitative estimate of drug-likeness (QED) is 0.709. The first-order valence-electron chi connectivity index (χ1n) is 7.90. The van der Waals surface area contributed by atoms with Crippen molar-refractivity contribution in [2.75, 3.05) is 19.0 Å². The van der Waals surface area contributed by atoms with Crippen molar-refractivity contribution in [2.24, 2.45) is 0 Å². The number of methoxy groups -OCH3 is 1. The number of hydrogen-bond acceptors (Lipinski definition) is 4. The second-order valence-corrected chi connectivity index (χ2v) is 5.53. The van der Waals surface area contributed by atoms with Gasteiger partial charge in [-0.3, -0.25) is 4.79 Å². The molecule has 3 aromatic rings. The van der Waals surface area contributed by atoms with E-state index in [1.54, 1.807) is 49.6 Å². The van der Waals surface area contributed by atoms with E-state index in [1.807, 2.05) is 12.1 Å². The van der Waals surface area contributed by atoms with E-state index in [0.717, 1.165) is 5.39 Å². The predicted molar refractivity (Wildman–Crippen MR) is 98.0 cm³/mol. The van der Waals surface area contributed by atoms with Gasteiger partial charge in [-0.1, -0.05) is 30.3 Å². The first kappa shape index (κ1) is 17.3. The molecule has 2 N–H and O–H groups in total. The summed E-state index contributed by atoms with van der Waals surface area (Å²) in [5.74, 6) is -0.637. The van der Waals surface area contributed by atoms with Crippen molar-refractivity contribution in [1.82, 2.24) is 0 Å². The Balaban J connectivity index is 1.76. The van der Waals surface area contributed by atoms with Gasteiger partial charge in [-0.2, -0.15) is 0 Å². The van der Waals surface area contributed by atoms with Crippen LogP contribution in [0.4, 0.5) is 5.69 Å². The maximum absolute atomic E-state index is 12.1. The lowest BCUT2D eigenvalue weighted by Gasteiger charge is -2.12. The number of carboxylic acid groups (broad SMARTS) is 1. The molecule has 0 aromatic heterocycles. The lowest BCUT2D eigenvalue weighted by molar-refractivity contribution is -0.118. The van der Waals surface area contributed by atoms with Crippen molar-refractivity contribution >= 4 is 28.3 Å². The van der Waals surface area contributed by atoms with Crippen LogP contribution in [0.1, 0.15) is 10.4 Å². The van der Waals surface area contributed by atoms with Crippen molar-refractivity contribution in [3.8, 4) is 11.5 Å². The fourth-order valence-corrected chi connectivity index (χ4v) is 2.58. The molecule has 6 heteroatoms. The smallest absolute Gasteiger partial charge is 0.339 e. The second kappa shape index (κ2) is 7.57. The molecule has 26 heavy (non-hydrogen) atoms. The summed E-state index contributed by atoms with van der Waals surface area (Å²) in [6.07, 6.45) is 0. The van der Waals surface area contributed by atoms with E-state index in [0.29, 0.717) is 16.8 Å². The highest BCUT2D eigenvalue weighted by molar-refractivity contribution is 6.01. The third kappa shape index (κ3) is 3.75. The van der Waals surface area contributed by atoms with Crippen LogP contribution in [-0.4, -0.2) is 30.7 Å². The van der Waals surface area contributed by atoms with Gasteiger partial charge in [-0.05, 0) is 35.7 Å². The fourth-order valence-electron chi connectivity index (χ4n) is 2.58. The van der Waals surface area contributed by atoms with Crippen LogP contribution in [0.3, 0.4) is 0 Å². The van der Waals surface area contributed by atoms with Gasteiger partial charge in [0.25, 0.3) is 5.91 Å². The van der Waals surface area contributed by atoms with Crippen LogP contribution in [0.2, 0.25) is 0 Å². The number of benzene rings is 3. The number of carbonyl (C=O) groups excluding carboxylic acids is 1. The van der Waals surface area contributed by atoms with Gasteiger partial charge in [0.15, 0.2) is 6.61 Å². The molecule has 0 aliphatic carbocycles. The molecule has 0 saturated heterocycles. The Morgan fingerprint density at radius 3 is 2.42 bits per heavy atom. The Labute approximate surface area is 150 Å². The van der Waals surface area contributed by atoms with Crippen molar-refractivity contribution in [2.45, 2.75) is 0 Å². The van der Waals surface area contributed by atoms with Crippen LogP contribution >= 0.6 is 0 Å². The van der Waals surface area contributed by atoms with Crippen LogP contribution in [0.25, 0.3) is 10.8 Å². The molecule has 0 aliphatic rings. The largest absolute Gasteiger partial charge is 0.497 e. The van der Waals surface area contributed by atoms with E-state index in [9.17, 15) is 14.7 Å². The molecular weight excluding hydrogens is 334 g/mol. The monoisotopic (exact) mass is 351 g/mol. The topological polar surface area (TPSA) is 84.9 Å². The predicted octanol–water partition coefficient (Wildman–Crippen LogP) is 3.56. The Hall–Kier alpha value is -3.54. The Kier molecular flexibility index (Phi) is 5.03. The molecule has 0 saturated carbocycles. The van der Waals surface area contributed by atoms with E-state index in [4.69, 9.17) is 9.47 Å². The lowest BCUT2D eigenvalue weighted by Crippen LogP contribution is -2.21. The number of amides is 1. The van der Waals surface area contributed by atoms with Crippen LogP contribution in [0.15, 0.2) is 60.7 Å². The van der Waals surface area contributed by atoms with Crippen LogP contribution in [0.5, 0.6) is 11.5 Å².